The van der Waals surface area contributed by atoms with E-state index in [9.17, 15) is 17.6 Å². The van der Waals surface area contributed by atoms with Crippen LogP contribution in [0.25, 0.3) is 33.8 Å². The molecular weight excluding hydrogens is 661 g/mol. The molecule has 0 aliphatic carbocycles. The summed E-state index contributed by atoms with van der Waals surface area (Å²) < 4.78 is 53.6. The largest absolute Gasteiger partial charge is 3.00 e. The van der Waals surface area contributed by atoms with Gasteiger partial charge in [0.15, 0.2) is 0 Å². The Morgan fingerprint density at radius 3 is 1.38 bits per heavy atom. The van der Waals surface area contributed by atoms with Gasteiger partial charge in [-0.1, -0.05) is 65.2 Å². The number of pyridine rings is 3. The second kappa shape index (κ2) is 14.3. The number of rotatable bonds is 3. The van der Waals surface area contributed by atoms with E-state index in [-0.39, 0.29) is 36.8 Å². The third-order valence-electron chi connectivity index (χ3n) is 4.60. The van der Waals surface area contributed by atoms with Crippen molar-refractivity contribution in [3.63, 3.8) is 0 Å². The summed E-state index contributed by atoms with van der Waals surface area (Å²) in [6.07, 6.45) is 4.64. The van der Waals surface area contributed by atoms with Crippen LogP contribution in [0.4, 0.5) is 17.6 Å². The van der Waals surface area contributed by atoms with Crippen LogP contribution in [0.5, 0.6) is 0 Å². The Bertz CT molecular complexity index is 1370. The number of hydrogen-bond donors (Lipinski definition) is 0. The molecule has 0 unspecified atom stereocenters. The van der Waals surface area contributed by atoms with Crippen molar-refractivity contribution in [2.24, 2.45) is 0 Å². The zero-order valence-corrected chi connectivity index (χ0v) is 21.2. The minimum absolute atomic E-state index is 0. The zero-order chi connectivity index (χ0) is 25.9. The van der Waals surface area contributed by atoms with Gasteiger partial charge in [0, 0.05) is 41.6 Å². The van der Waals surface area contributed by atoms with Gasteiger partial charge >= 0.3 is 20.1 Å². The summed E-state index contributed by atoms with van der Waals surface area (Å²) in [6.45, 7) is 4.75. The van der Waals surface area contributed by atoms with Crippen LogP contribution in [0, 0.1) is 47.2 Å². The van der Waals surface area contributed by atoms with Crippen molar-refractivity contribution in [2.75, 3.05) is 0 Å². The standard InChI is InChI=1S/C16H9F2N2.C11H6F2N.CN.Ir/c17-13-10-14(18)12(16-6-2-4-8-20-16)9-11(13)15-5-1-3-7-19-15;12-8-4-5-9(10(13)7-8)11-3-1-2-6-14-11;1-2;/h1-8,10H;1-4,6-7H;;/q3*-1;+3. The molecular formula is C28H15F4IrN4. The van der Waals surface area contributed by atoms with Gasteiger partial charge < -0.3 is 16.8 Å². The molecule has 2 aromatic carbocycles. The van der Waals surface area contributed by atoms with E-state index in [1.54, 1.807) is 73.2 Å². The maximum atomic E-state index is 13.9. The Morgan fingerprint density at radius 2 is 1.00 bits per heavy atom. The molecule has 9 heteroatoms. The van der Waals surface area contributed by atoms with Gasteiger partial charge in [0.2, 0.25) is 0 Å². The number of halogens is 4. The number of aromatic nitrogens is 3. The number of nitrogens with zero attached hydrogens (tertiary/aromatic N) is 4. The van der Waals surface area contributed by atoms with Gasteiger partial charge in [-0.15, -0.1) is 18.2 Å². The van der Waals surface area contributed by atoms with Crippen molar-refractivity contribution < 1.29 is 37.7 Å². The van der Waals surface area contributed by atoms with E-state index >= 15 is 0 Å². The Kier molecular flexibility index (Phi) is 11.2. The molecule has 4 nitrogen and oxygen atoms in total. The van der Waals surface area contributed by atoms with Crippen LogP contribution < -0.4 is 0 Å². The first-order valence-corrected chi connectivity index (χ1v) is 10.3. The summed E-state index contributed by atoms with van der Waals surface area (Å²) in [7, 11) is 0. The molecule has 0 saturated carbocycles. The summed E-state index contributed by atoms with van der Waals surface area (Å²) in [5, 5.41) is 6.25. The van der Waals surface area contributed by atoms with Crippen molar-refractivity contribution in [2.45, 2.75) is 0 Å². The molecule has 0 bridgehead atoms. The van der Waals surface area contributed by atoms with Gasteiger partial charge in [-0.25, -0.2) is 0 Å². The number of hydrogen-bond acceptors (Lipinski definition) is 4. The van der Waals surface area contributed by atoms with E-state index in [2.05, 4.69) is 27.1 Å². The van der Waals surface area contributed by atoms with Crippen molar-refractivity contribution in [1.29, 1.82) is 5.26 Å². The molecule has 3 heterocycles. The van der Waals surface area contributed by atoms with Crippen LogP contribution in [0.3, 0.4) is 0 Å². The Hall–Kier alpha value is -4.25. The van der Waals surface area contributed by atoms with Gasteiger partial charge in [0.1, 0.15) is 0 Å². The average molecular weight is 676 g/mol. The molecule has 0 radical (unpaired) electrons. The molecule has 37 heavy (non-hydrogen) atoms. The van der Waals surface area contributed by atoms with Gasteiger partial charge in [0.25, 0.3) is 0 Å². The van der Waals surface area contributed by atoms with Gasteiger partial charge in [-0.2, -0.15) is 0 Å². The van der Waals surface area contributed by atoms with Crippen LogP contribution >= 0.6 is 0 Å². The SMILES string of the molecule is Fc1c[c-]c(-c2ccccn2)c(F)c1.Fc1cc(F)c(-c2ccccn2)[c-]c1-c1ccccn1.[C-]#N.[Ir+3]. The van der Waals surface area contributed by atoms with Crippen molar-refractivity contribution in [1.82, 2.24) is 15.0 Å². The fourth-order valence-corrected chi connectivity index (χ4v) is 3.05. The molecule has 0 fully saturated rings. The topological polar surface area (TPSA) is 62.5 Å². The smallest absolute Gasteiger partial charge is 0.512 e. The van der Waals surface area contributed by atoms with Crippen molar-refractivity contribution in [3.8, 4) is 33.8 Å². The van der Waals surface area contributed by atoms with Gasteiger partial charge in [-0.05, 0) is 23.9 Å². The normalized spacial score (nSPS) is 9.57. The van der Waals surface area contributed by atoms with Crippen LogP contribution in [-0.4, -0.2) is 15.0 Å². The first-order chi connectivity index (χ1) is 17.5. The van der Waals surface area contributed by atoms with Crippen LogP contribution in [0.2, 0.25) is 0 Å². The molecule has 3 aromatic heterocycles. The van der Waals surface area contributed by atoms with Crippen molar-refractivity contribution >= 4 is 0 Å². The third kappa shape index (κ3) is 7.61. The second-order valence-corrected chi connectivity index (χ2v) is 6.90. The van der Waals surface area contributed by atoms with E-state index in [0.717, 1.165) is 18.2 Å². The zero-order valence-electron chi connectivity index (χ0n) is 18.8. The first-order valence-electron chi connectivity index (χ1n) is 10.3. The Morgan fingerprint density at radius 1 is 0.595 bits per heavy atom. The van der Waals surface area contributed by atoms with E-state index in [0.29, 0.717) is 17.1 Å². The quantitative estimate of drug-likeness (QED) is 0.156. The van der Waals surface area contributed by atoms with Crippen LogP contribution in [0.1, 0.15) is 0 Å². The predicted octanol–water partition coefficient (Wildman–Crippen LogP) is 6.81. The van der Waals surface area contributed by atoms with Crippen LogP contribution in [0.15, 0.2) is 91.4 Å². The molecule has 184 valence electrons. The van der Waals surface area contributed by atoms with E-state index in [1.807, 2.05) is 0 Å². The molecule has 0 saturated heterocycles. The minimum atomic E-state index is -0.694. The van der Waals surface area contributed by atoms with E-state index < -0.39 is 23.3 Å². The van der Waals surface area contributed by atoms with Crippen LogP contribution in [-0.2, 0) is 20.1 Å². The second-order valence-electron chi connectivity index (χ2n) is 6.90. The molecule has 5 aromatic rings. The van der Waals surface area contributed by atoms with Gasteiger partial charge in [0.05, 0.1) is 11.6 Å². The summed E-state index contributed by atoms with van der Waals surface area (Å²) >= 11 is 0. The average Bonchev–Trinajstić information content (AvgIpc) is 2.92. The third-order valence-corrected chi connectivity index (χ3v) is 4.60. The Labute approximate surface area is 224 Å². The summed E-state index contributed by atoms with van der Waals surface area (Å²) in [5.74, 6) is -2.67. The summed E-state index contributed by atoms with van der Waals surface area (Å²) in [6, 6.07) is 23.3. The fourth-order valence-electron chi connectivity index (χ4n) is 3.05. The minimum Gasteiger partial charge on any atom is -0.512 e. The van der Waals surface area contributed by atoms with E-state index in [4.69, 9.17) is 11.8 Å². The summed E-state index contributed by atoms with van der Waals surface area (Å²) in [5.41, 5.74) is 1.71. The molecule has 0 atom stereocenters. The first kappa shape index (κ1) is 29.0. The number of benzene rings is 2. The summed E-state index contributed by atoms with van der Waals surface area (Å²) in [4.78, 5) is 12.1. The molecule has 0 amide bonds. The maximum Gasteiger partial charge on any atom is 3.00 e. The molecule has 5 rings (SSSR count). The van der Waals surface area contributed by atoms with E-state index in [1.165, 1.54) is 0 Å². The monoisotopic (exact) mass is 676 g/mol. The molecule has 0 N–H and O–H groups in total. The maximum absolute atomic E-state index is 13.9. The predicted molar refractivity (Wildman–Crippen MR) is 125 cm³/mol. The molecule has 0 aliphatic rings. The fraction of sp³-hybridized carbons (Fsp3) is 0. The Balaban J connectivity index is 0.000000250. The van der Waals surface area contributed by atoms with Crippen molar-refractivity contribution in [3.05, 3.63) is 133 Å². The van der Waals surface area contributed by atoms with Gasteiger partial charge in [-0.3, -0.25) is 27.5 Å². The molecule has 0 aliphatic heterocycles. The molecule has 0 spiro atoms.